The summed E-state index contributed by atoms with van der Waals surface area (Å²) < 4.78 is 27.9. The number of nitrogens with zero attached hydrogens (tertiary/aromatic N) is 1. The summed E-state index contributed by atoms with van der Waals surface area (Å²) in [4.78, 5) is 12.9. The molecule has 1 heterocycles. The average Bonchev–Trinajstić information content (AvgIpc) is 3.04. The molecule has 1 aliphatic heterocycles. The van der Waals surface area contributed by atoms with Crippen molar-refractivity contribution in [3.8, 4) is 0 Å². The van der Waals surface area contributed by atoms with Gasteiger partial charge in [0.25, 0.3) is 15.9 Å². The molecule has 2 aromatic rings. The number of fused-ring (bicyclic) bond motifs is 1. The maximum Gasteiger partial charge on any atom is 0.264 e. The fourth-order valence-corrected chi connectivity index (χ4v) is 6.16. The lowest BCUT2D eigenvalue weighted by molar-refractivity contribution is 0.0927. The molecule has 1 N–H and O–H groups in total. The molecule has 1 amide bonds. The summed E-state index contributed by atoms with van der Waals surface area (Å²) in [5.41, 5.74) is 2.11. The van der Waals surface area contributed by atoms with Crippen LogP contribution < -0.4 is 9.62 Å². The van der Waals surface area contributed by atoms with E-state index in [1.807, 2.05) is 13.0 Å². The molecule has 0 spiro atoms. The van der Waals surface area contributed by atoms with Crippen LogP contribution in [0.5, 0.6) is 0 Å². The first kappa shape index (κ1) is 20.2. The van der Waals surface area contributed by atoms with Crippen molar-refractivity contribution >= 4 is 33.2 Å². The van der Waals surface area contributed by atoms with Gasteiger partial charge in [0.1, 0.15) is 0 Å². The van der Waals surface area contributed by atoms with Crippen LogP contribution in [0, 0.1) is 0 Å². The van der Waals surface area contributed by atoms with E-state index >= 15 is 0 Å². The van der Waals surface area contributed by atoms with Crippen LogP contribution >= 0.6 is 11.6 Å². The van der Waals surface area contributed by atoms with Crippen LogP contribution in [0.25, 0.3) is 0 Å². The number of carbonyl (C=O) groups is 1. The Kier molecular flexibility index (Phi) is 5.58. The summed E-state index contributed by atoms with van der Waals surface area (Å²) in [6.45, 7) is 1.88. The second-order valence-electron chi connectivity index (χ2n) is 7.96. The van der Waals surface area contributed by atoms with Crippen molar-refractivity contribution in [3.05, 3.63) is 58.6 Å². The Morgan fingerprint density at radius 3 is 2.45 bits per heavy atom. The van der Waals surface area contributed by atoms with Crippen LogP contribution in [0.2, 0.25) is 5.02 Å². The van der Waals surface area contributed by atoms with Gasteiger partial charge in [-0.25, -0.2) is 8.42 Å². The van der Waals surface area contributed by atoms with Gasteiger partial charge < -0.3 is 5.32 Å². The first-order valence-electron chi connectivity index (χ1n) is 10.1. The third-order valence-corrected chi connectivity index (χ3v) is 8.00. The molecule has 1 aliphatic carbocycles. The summed E-state index contributed by atoms with van der Waals surface area (Å²) in [6, 6.07) is 11.5. The number of hydrogen-bond donors (Lipinski definition) is 1. The highest BCUT2D eigenvalue weighted by Crippen LogP contribution is 2.37. The van der Waals surface area contributed by atoms with Gasteiger partial charge in [-0.05, 0) is 74.2 Å². The molecule has 4 rings (SSSR count). The van der Waals surface area contributed by atoms with Crippen molar-refractivity contribution < 1.29 is 13.2 Å². The Morgan fingerprint density at radius 1 is 1.07 bits per heavy atom. The van der Waals surface area contributed by atoms with Crippen LogP contribution in [-0.4, -0.2) is 26.4 Å². The lowest BCUT2D eigenvalue weighted by atomic mass is 9.95. The molecule has 1 saturated carbocycles. The monoisotopic (exact) mass is 432 g/mol. The molecule has 0 saturated heterocycles. The van der Waals surface area contributed by atoms with Crippen LogP contribution in [-0.2, 0) is 16.4 Å². The molecule has 2 aromatic carbocycles. The molecule has 7 heteroatoms. The second-order valence-corrected chi connectivity index (χ2v) is 10.2. The van der Waals surface area contributed by atoms with Gasteiger partial charge in [0.2, 0.25) is 0 Å². The molecule has 2 aliphatic rings. The molecule has 0 unspecified atom stereocenters. The molecule has 154 valence electrons. The zero-order chi connectivity index (χ0) is 20.6. The van der Waals surface area contributed by atoms with E-state index in [0.29, 0.717) is 22.7 Å². The SMILES string of the molecule is C[C@@H]1Cc2cc(C(=O)NC3CCCCC3)ccc2N1S(=O)(=O)c1ccc(Cl)cc1. The van der Waals surface area contributed by atoms with Crippen LogP contribution in [0.3, 0.4) is 0 Å². The lowest BCUT2D eigenvalue weighted by Gasteiger charge is -2.25. The summed E-state index contributed by atoms with van der Waals surface area (Å²) in [5, 5.41) is 3.62. The van der Waals surface area contributed by atoms with Crippen molar-refractivity contribution in [3.63, 3.8) is 0 Å². The number of halogens is 1. The van der Waals surface area contributed by atoms with Crippen LogP contribution in [0.1, 0.15) is 54.9 Å². The first-order valence-corrected chi connectivity index (χ1v) is 11.9. The summed E-state index contributed by atoms with van der Waals surface area (Å²) in [7, 11) is -3.70. The highest BCUT2D eigenvalue weighted by molar-refractivity contribution is 7.92. The van der Waals surface area contributed by atoms with Crippen LogP contribution in [0.4, 0.5) is 5.69 Å². The molecular formula is C22H25ClN2O3S. The lowest BCUT2D eigenvalue weighted by Crippen LogP contribution is -2.36. The largest absolute Gasteiger partial charge is 0.349 e. The van der Waals surface area contributed by atoms with Gasteiger partial charge in [0.15, 0.2) is 0 Å². The van der Waals surface area contributed by atoms with E-state index in [1.165, 1.54) is 22.9 Å². The molecule has 0 bridgehead atoms. The molecule has 29 heavy (non-hydrogen) atoms. The number of hydrogen-bond acceptors (Lipinski definition) is 3. The van der Waals surface area contributed by atoms with E-state index in [4.69, 9.17) is 11.6 Å². The van der Waals surface area contributed by atoms with Gasteiger partial charge in [-0.3, -0.25) is 9.10 Å². The van der Waals surface area contributed by atoms with Crippen molar-refractivity contribution in [1.29, 1.82) is 0 Å². The Morgan fingerprint density at radius 2 is 1.76 bits per heavy atom. The third kappa shape index (κ3) is 4.01. The van der Waals surface area contributed by atoms with Gasteiger partial charge >= 0.3 is 0 Å². The van der Waals surface area contributed by atoms with Gasteiger partial charge in [-0.2, -0.15) is 0 Å². The molecule has 0 radical (unpaired) electrons. The number of sulfonamides is 1. The Labute approximate surface area is 177 Å². The zero-order valence-corrected chi connectivity index (χ0v) is 18.0. The highest BCUT2D eigenvalue weighted by atomic mass is 35.5. The Balaban J connectivity index is 1.59. The van der Waals surface area contributed by atoms with Crippen molar-refractivity contribution in [1.82, 2.24) is 5.32 Å². The number of amides is 1. The molecule has 1 atom stereocenters. The third-order valence-electron chi connectivity index (χ3n) is 5.81. The van der Waals surface area contributed by atoms with Gasteiger partial charge in [0.05, 0.1) is 10.6 Å². The fraction of sp³-hybridized carbons (Fsp3) is 0.409. The van der Waals surface area contributed by atoms with Crippen molar-refractivity contribution in [2.24, 2.45) is 0 Å². The maximum atomic E-state index is 13.2. The van der Waals surface area contributed by atoms with Crippen molar-refractivity contribution in [2.75, 3.05) is 4.31 Å². The minimum atomic E-state index is -3.70. The van der Waals surface area contributed by atoms with E-state index in [0.717, 1.165) is 31.2 Å². The van der Waals surface area contributed by atoms with E-state index in [-0.39, 0.29) is 22.9 Å². The fourth-order valence-electron chi connectivity index (χ4n) is 4.35. The molecule has 0 aromatic heterocycles. The molecule has 1 fully saturated rings. The second kappa shape index (κ2) is 8.00. The number of rotatable bonds is 4. The van der Waals surface area contributed by atoms with Crippen LogP contribution in [0.15, 0.2) is 47.4 Å². The highest BCUT2D eigenvalue weighted by Gasteiger charge is 2.36. The Hall–Kier alpha value is -2.05. The van der Waals surface area contributed by atoms with E-state index in [2.05, 4.69) is 5.32 Å². The molecule has 5 nitrogen and oxygen atoms in total. The number of nitrogens with one attached hydrogen (secondary N) is 1. The maximum absolute atomic E-state index is 13.2. The molecular weight excluding hydrogens is 408 g/mol. The predicted octanol–water partition coefficient (Wildman–Crippen LogP) is 4.54. The number of carbonyl (C=O) groups excluding carboxylic acids is 1. The summed E-state index contributed by atoms with van der Waals surface area (Å²) in [6.07, 6.45) is 6.18. The standard InChI is InChI=1S/C22H25ClN2O3S/c1-15-13-17-14-16(22(26)24-19-5-3-2-4-6-19)7-12-21(17)25(15)29(27,28)20-10-8-18(23)9-11-20/h7-12,14-15,19H,2-6,13H2,1H3,(H,24,26)/t15-/m1/s1. The summed E-state index contributed by atoms with van der Waals surface area (Å²) in [5.74, 6) is -0.0774. The number of benzene rings is 2. The van der Waals surface area contributed by atoms with Gasteiger partial charge in [-0.15, -0.1) is 0 Å². The minimum Gasteiger partial charge on any atom is -0.349 e. The smallest absolute Gasteiger partial charge is 0.264 e. The predicted molar refractivity (Wildman–Crippen MR) is 115 cm³/mol. The van der Waals surface area contributed by atoms with E-state index in [9.17, 15) is 13.2 Å². The number of anilines is 1. The van der Waals surface area contributed by atoms with Gasteiger partial charge in [-0.1, -0.05) is 30.9 Å². The minimum absolute atomic E-state index is 0.0774. The summed E-state index contributed by atoms with van der Waals surface area (Å²) >= 11 is 5.90. The van der Waals surface area contributed by atoms with Crippen molar-refractivity contribution in [2.45, 2.75) is 62.4 Å². The van der Waals surface area contributed by atoms with E-state index in [1.54, 1.807) is 24.3 Å². The van der Waals surface area contributed by atoms with E-state index < -0.39 is 10.0 Å². The normalized spacial score (nSPS) is 19.8. The topological polar surface area (TPSA) is 66.5 Å². The average molecular weight is 433 g/mol. The van der Waals surface area contributed by atoms with Gasteiger partial charge in [0, 0.05) is 22.7 Å². The Bertz CT molecular complexity index is 1010. The quantitative estimate of drug-likeness (QED) is 0.771. The zero-order valence-electron chi connectivity index (χ0n) is 16.4. The first-order chi connectivity index (χ1) is 13.9.